The van der Waals surface area contributed by atoms with Crippen LogP contribution < -0.4 is 38.1 Å². The SMILES string of the molecule is CCCCCC(=S)NC(NN)(c1ccccc1)n1cc[n+](C)c1.[Br-]. The molecule has 0 amide bonds. The van der Waals surface area contributed by atoms with Crippen molar-refractivity contribution in [2.24, 2.45) is 12.9 Å². The van der Waals surface area contributed by atoms with Crippen molar-refractivity contribution in [3.05, 3.63) is 54.6 Å². The van der Waals surface area contributed by atoms with E-state index in [-0.39, 0.29) is 17.0 Å². The summed E-state index contributed by atoms with van der Waals surface area (Å²) in [6.45, 7) is 2.19. The van der Waals surface area contributed by atoms with Crippen LogP contribution in [0.25, 0.3) is 0 Å². The Labute approximate surface area is 160 Å². The molecule has 0 saturated heterocycles. The van der Waals surface area contributed by atoms with E-state index < -0.39 is 5.79 Å². The molecule has 0 aliphatic heterocycles. The van der Waals surface area contributed by atoms with Gasteiger partial charge in [0.25, 0.3) is 5.79 Å². The van der Waals surface area contributed by atoms with E-state index in [0.717, 1.165) is 23.4 Å². The number of aryl methyl sites for hydroxylation is 1. The number of nitrogens with two attached hydrogens (primary N) is 1. The zero-order chi connectivity index (χ0) is 16.7. The van der Waals surface area contributed by atoms with Crippen molar-refractivity contribution in [3.63, 3.8) is 0 Å². The van der Waals surface area contributed by atoms with Gasteiger partial charge >= 0.3 is 0 Å². The fraction of sp³-hybridized carbons (Fsp3) is 0.412. The maximum atomic E-state index is 5.98. The van der Waals surface area contributed by atoms with Crippen LogP contribution in [0.3, 0.4) is 0 Å². The molecule has 0 spiro atoms. The number of nitrogens with one attached hydrogen (secondary N) is 2. The first-order chi connectivity index (χ1) is 11.1. The summed E-state index contributed by atoms with van der Waals surface area (Å²) in [5.74, 6) is 5.18. The van der Waals surface area contributed by atoms with Crippen LogP contribution in [0.2, 0.25) is 0 Å². The number of aromatic nitrogens is 2. The van der Waals surface area contributed by atoms with Crippen LogP contribution in [0.1, 0.15) is 38.2 Å². The third-order valence-electron chi connectivity index (χ3n) is 3.88. The van der Waals surface area contributed by atoms with Crippen molar-refractivity contribution < 1.29 is 21.5 Å². The molecule has 1 unspecified atom stereocenters. The Bertz CT molecular complexity index is 631. The molecule has 1 atom stereocenters. The van der Waals surface area contributed by atoms with Gasteiger partial charge in [-0.1, -0.05) is 62.3 Å². The van der Waals surface area contributed by atoms with Crippen molar-refractivity contribution >= 4 is 17.2 Å². The standard InChI is InChI=1S/C17H25N5S.BrH/c1-3-4-6-11-16(23)19-17(20-18,15-9-7-5-8-10-15)22-13-12-21(2)14-22;/h5,7-10,12-14,20H,3-4,6,11,18H2,1-2H3;1H. The summed E-state index contributed by atoms with van der Waals surface area (Å²) in [6.07, 6.45) is 10.2. The van der Waals surface area contributed by atoms with Crippen molar-refractivity contribution in [1.82, 2.24) is 15.3 Å². The van der Waals surface area contributed by atoms with Gasteiger partial charge in [0.2, 0.25) is 6.33 Å². The number of unbranched alkanes of at least 4 members (excludes halogenated alkanes) is 2. The van der Waals surface area contributed by atoms with Crippen molar-refractivity contribution in [1.29, 1.82) is 0 Å². The van der Waals surface area contributed by atoms with E-state index in [2.05, 4.69) is 17.7 Å². The van der Waals surface area contributed by atoms with Gasteiger partial charge in [0.1, 0.15) is 12.4 Å². The molecule has 0 radical (unpaired) electrons. The second-order valence-electron chi connectivity index (χ2n) is 5.71. The molecule has 0 bridgehead atoms. The number of halogens is 1. The van der Waals surface area contributed by atoms with Gasteiger partial charge in [-0.15, -0.1) is 0 Å². The molecule has 2 rings (SSSR count). The molecule has 0 aliphatic rings. The molecule has 0 fully saturated rings. The fourth-order valence-electron chi connectivity index (χ4n) is 2.61. The highest BCUT2D eigenvalue weighted by Gasteiger charge is 2.38. The normalized spacial score (nSPS) is 13.0. The van der Waals surface area contributed by atoms with Crippen LogP contribution in [0.4, 0.5) is 0 Å². The number of hydrogen-bond donors (Lipinski definition) is 3. The fourth-order valence-corrected chi connectivity index (χ4v) is 2.90. The first-order valence-electron chi connectivity index (χ1n) is 8.00. The molecule has 0 saturated carbocycles. The first-order valence-corrected chi connectivity index (χ1v) is 8.41. The molecular weight excluding hydrogens is 386 g/mol. The minimum Gasteiger partial charge on any atom is -1.00 e. The van der Waals surface area contributed by atoms with E-state index in [1.165, 1.54) is 12.8 Å². The van der Waals surface area contributed by atoms with Gasteiger partial charge in [-0.2, -0.15) is 9.99 Å². The predicted octanol–water partition coefficient (Wildman–Crippen LogP) is -1.06. The molecule has 132 valence electrons. The van der Waals surface area contributed by atoms with Crippen molar-refractivity contribution in [2.45, 2.75) is 38.4 Å². The molecule has 5 nitrogen and oxygen atoms in total. The minimum absolute atomic E-state index is 0. The van der Waals surface area contributed by atoms with E-state index in [1.807, 2.05) is 65.2 Å². The smallest absolute Gasteiger partial charge is 0.279 e. The Kier molecular flexibility index (Phi) is 8.55. The maximum absolute atomic E-state index is 5.98. The highest BCUT2D eigenvalue weighted by Crippen LogP contribution is 2.20. The van der Waals surface area contributed by atoms with E-state index >= 15 is 0 Å². The summed E-state index contributed by atoms with van der Waals surface area (Å²) in [5.41, 5.74) is 3.93. The number of nitrogens with zero attached hydrogens (tertiary/aromatic N) is 2. The molecule has 2 aromatic rings. The van der Waals surface area contributed by atoms with Crippen LogP contribution in [0.5, 0.6) is 0 Å². The average molecular weight is 412 g/mol. The summed E-state index contributed by atoms with van der Waals surface area (Å²) in [6, 6.07) is 10.0. The number of rotatable bonds is 8. The lowest BCUT2D eigenvalue weighted by atomic mass is 10.1. The van der Waals surface area contributed by atoms with Crippen LogP contribution in [0.15, 0.2) is 49.1 Å². The first kappa shape index (κ1) is 20.8. The van der Waals surface area contributed by atoms with Gasteiger partial charge in [0, 0.05) is 5.56 Å². The van der Waals surface area contributed by atoms with Crippen LogP contribution >= 0.6 is 12.2 Å². The Hall–Kier alpha value is -1.28. The number of benzene rings is 1. The molecule has 1 heterocycles. The van der Waals surface area contributed by atoms with Crippen molar-refractivity contribution in [3.8, 4) is 0 Å². The van der Waals surface area contributed by atoms with E-state index in [1.54, 1.807) is 0 Å². The second-order valence-corrected chi connectivity index (χ2v) is 6.21. The zero-order valence-corrected chi connectivity index (χ0v) is 16.6. The highest BCUT2D eigenvalue weighted by atomic mass is 79.9. The molecular formula is C17H26BrN5S. The Morgan fingerprint density at radius 3 is 2.54 bits per heavy atom. The van der Waals surface area contributed by atoms with Gasteiger partial charge in [0.05, 0.1) is 12.0 Å². The summed E-state index contributed by atoms with van der Waals surface area (Å²) in [4.78, 5) is 0.802. The molecule has 1 aromatic heterocycles. The highest BCUT2D eigenvalue weighted by molar-refractivity contribution is 7.80. The zero-order valence-electron chi connectivity index (χ0n) is 14.2. The van der Waals surface area contributed by atoms with Gasteiger partial charge in [0.15, 0.2) is 0 Å². The third-order valence-corrected chi connectivity index (χ3v) is 4.19. The maximum Gasteiger partial charge on any atom is 0.279 e. The van der Waals surface area contributed by atoms with Gasteiger partial charge in [-0.05, 0) is 12.8 Å². The molecule has 24 heavy (non-hydrogen) atoms. The number of hydrogen-bond acceptors (Lipinski definition) is 3. The lowest BCUT2D eigenvalue weighted by Crippen LogP contribution is -3.00. The molecule has 4 N–H and O–H groups in total. The molecule has 1 aromatic carbocycles. The molecule has 0 aliphatic carbocycles. The number of imidazole rings is 1. The predicted molar refractivity (Wildman–Crippen MR) is 96.3 cm³/mol. The third kappa shape index (κ3) is 4.86. The average Bonchev–Trinajstić information content (AvgIpc) is 3.00. The van der Waals surface area contributed by atoms with Gasteiger partial charge < -0.3 is 22.3 Å². The summed E-state index contributed by atoms with van der Waals surface area (Å²) in [5, 5.41) is 3.43. The topological polar surface area (TPSA) is 58.9 Å². The van der Waals surface area contributed by atoms with Crippen LogP contribution in [-0.2, 0) is 12.8 Å². The second kappa shape index (κ2) is 9.88. The Balaban J connectivity index is 0.00000288. The summed E-state index contributed by atoms with van der Waals surface area (Å²) >= 11 is 5.56. The monoisotopic (exact) mass is 411 g/mol. The van der Waals surface area contributed by atoms with Gasteiger partial charge in [-0.25, -0.2) is 4.57 Å². The Morgan fingerprint density at radius 2 is 2.00 bits per heavy atom. The lowest BCUT2D eigenvalue weighted by Gasteiger charge is -2.32. The summed E-state index contributed by atoms with van der Waals surface area (Å²) in [7, 11) is 1.97. The quantitative estimate of drug-likeness (QED) is 0.129. The lowest BCUT2D eigenvalue weighted by molar-refractivity contribution is -0.671. The largest absolute Gasteiger partial charge is 1.00 e. The summed E-state index contributed by atoms with van der Waals surface area (Å²) < 4.78 is 3.96. The minimum atomic E-state index is -0.800. The Morgan fingerprint density at radius 1 is 1.29 bits per heavy atom. The number of thiocarbonyl (C=S) groups is 1. The van der Waals surface area contributed by atoms with Crippen LogP contribution in [-0.4, -0.2) is 9.56 Å². The molecule has 7 heteroatoms. The van der Waals surface area contributed by atoms with E-state index in [9.17, 15) is 0 Å². The van der Waals surface area contributed by atoms with Crippen LogP contribution in [0, 0.1) is 0 Å². The number of hydrazine groups is 1. The van der Waals surface area contributed by atoms with E-state index in [0.29, 0.717) is 0 Å². The van der Waals surface area contributed by atoms with E-state index in [4.69, 9.17) is 18.1 Å². The van der Waals surface area contributed by atoms with Crippen molar-refractivity contribution in [2.75, 3.05) is 0 Å². The van der Waals surface area contributed by atoms with Gasteiger partial charge in [-0.3, -0.25) is 5.84 Å².